The SMILES string of the molecule is CCOC(=O)C1=C(C)CC(c2cn3ccccc3n2)=C1C. The highest BCUT2D eigenvalue weighted by Gasteiger charge is 2.27. The molecule has 0 unspecified atom stereocenters. The average molecular weight is 282 g/mol. The highest BCUT2D eigenvalue weighted by Crippen LogP contribution is 2.38. The first-order chi connectivity index (χ1) is 10.1. The third-order valence-corrected chi connectivity index (χ3v) is 3.85. The fraction of sp³-hybridized carbons (Fsp3) is 0.294. The number of hydrogen-bond donors (Lipinski definition) is 0. The second kappa shape index (κ2) is 5.20. The van der Waals surface area contributed by atoms with Gasteiger partial charge in [-0.05, 0) is 50.5 Å². The Kier molecular flexibility index (Phi) is 3.37. The predicted octanol–water partition coefficient (Wildman–Crippen LogP) is 3.39. The van der Waals surface area contributed by atoms with Gasteiger partial charge in [0.15, 0.2) is 0 Å². The summed E-state index contributed by atoms with van der Waals surface area (Å²) < 4.78 is 7.15. The number of rotatable bonds is 3. The Balaban J connectivity index is 2.02. The topological polar surface area (TPSA) is 43.6 Å². The van der Waals surface area contributed by atoms with E-state index in [4.69, 9.17) is 4.74 Å². The second-order valence-electron chi connectivity index (χ2n) is 5.25. The van der Waals surface area contributed by atoms with Crippen molar-refractivity contribution in [2.75, 3.05) is 6.61 Å². The number of allylic oxidation sites excluding steroid dienone is 2. The van der Waals surface area contributed by atoms with E-state index in [1.54, 1.807) is 0 Å². The van der Waals surface area contributed by atoms with Crippen LogP contribution in [0, 0.1) is 0 Å². The molecule has 0 saturated heterocycles. The third-order valence-electron chi connectivity index (χ3n) is 3.85. The molecule has 4 heteroatoms. The van der Waals surface area contributed by atoms with Crippen molar-refractivity contribution in [2.45, 2.75) is 27.2 Å². The summed E-state index contributed by atoms with van der Waals surface area (Å²) in [7, 11) is 0. The van der Waals surface area contributed by atoms with Gasteiger partial charge in [0.1, 0.15) is 5.65 Å². The second-order valence-corrected chi connectivity index (χ2v) is 5.25. The third kappa shape index (κ3) is 2.27. The lowest BCUT2D eigenvalue weighted by molar-refractivity contribution is -0.138. The fourth-order valence-electron chi connectivity index (χ4n) is 2.85. The van der Waals surface area contributed by atoms with Crippen LogP contribution in [0.2, 0.25) is 0 Å². The number of carbonyl (C=O) groups excluding carboxylic acids is 1. The maximum absolute atomic E-state index is 12.1. The van der Waals surface area contributed by atoms with Crippen molar-refractivity contribution in [2.24, 2.45) is 0 Å². The molecule has 1 aliphatic carbocycles. The first kappa shape index (κ1) is 13.6. The molecule has 0 aliphatic heterocycles. The number of fused-ring (bicyclic) bond motifs is 1. The van der Waals surface area contributed by atoms with E-state index in [1.165, 1.54) is 0 Å². The Morgan fingerprint density at radius 2 is 2.19 bits per heavy atom. The molecule has 3 rings (SSSR count). The molecule has 0 amide bonds. The lowest BCUT2D eigenvalue weighted by Gasteiger charge is -2.05. The maximum Gasteiger partial charge on any atom is 0.338 e. The summed E-state index contributed by atoms with van der Waals surface area (Å²) in [4.78, 5) is 16.7. The van der Waals surface area contributed by atoms with Gasteiger partial charge in [-0.25, -0.2) is 9.78 Å². The Morgan fingerprint density at radius 3 is 2.90 bits per heavy atom. The highest BCUT2D eigenvalue weighted by atomic mass is 16.5. The molecule has 0 saturated carbocycles. The molecular formula is C17H18N2O2. The molecular weight excluding hydrogens is 264 g/mol. The molecule has 0 fully saturated rings. The number of ether oxygens (including phenoxy) is 1. The molecule has 108 valence electrons. The van der Waals surface area contributed by atoms with Crippen LogP contribution in [0.25, 0.3) is 11.2 Å². The van der Waals surface area contributed by atoms with Gasteiger partial charge in [-0.1, -0.05) is 11.6 Å². The number of pyridine rings is 1. The summed E-state index contributed by atoms with van der Waals surface area (Å²) in [5, 5.41) is 0. The fourth-order valence-corrected chi connectivity index (χ4v) is 2.85. The van der Waals surface area contributed by atoms with E-state index < -0.39 is 0 Å². The molecule has 0 atom stereocenters. The molecule has 2 aromatic heterocycles. The minimum absolute atomic E-state index is 0.230. The number of carbonyl (C=O) groups is 1. The van der Waals surface area contributed by atoms with Crippen molar-refractivity contribution in [3.63, 3.8) is 0 Å². The van der Waals surface area contributed by atoms with Crippen LogP contribution in [-0.2, 0) is 9.53 Å². The monoisotopic (exact) mass is 282 g/mol. The molecule has 2 heterocycles. The number of esters is 1. The van der Waals surface area contributed by atoms with E-state index in [1.807, 2.05) is 55.8 Å². The van der Waals surface area contributed by atoms with Crippen molar-refractivity contribution < 1.29 is 9.53 Å². The molecule has 2 aromatic rings. The zero-order valence-corrected chi connectivity index (χ0v) is 12.5. The van der Waals surface area contributed by atoms with Crippen LogP contribution in [0.1, 0.15) is 32.9 Å². The molecule has 0 N–H and O–H groups in total. The van der Waals surface area contributed by atoms with Gasteiger partial charge in [0.25, 0.3) is 0 Å². The molecule has 0 radical (unpaired) electrons. The van der Waals surface area contributed by atoms with Gasteiger partial charge in [0, 0.05) is 12.4 Å². The van der Waals surface area contributed by atoms with Crippen LogP contribution in [0.4, 0.5) is 0 Å². The first-order valence-corrected chi connectivity index (χ1v) is 7.13. The van der Waals surface area contributed by atoms with Crippen LogP contribution in [-0.4, -0.2) is 22.0 Å². The Hall–Kier alpha value is -2.36. The first-order valence-electron chi connectivity index (χ1n) is 7.13. The van der Waals surface area contributed by atoms with Crippen molar-refractivity contribution in [1.82, 2.24) is 9.38 Å². The summed E-state index contributed by atoms with van der Waals surface area (Å²) in [6.07, 6.45) is 4.74. The summed E-state index contributed by atoms with van der Waals surface area (Å²) in [6.45, 7) is 6.18. The Morgan fingerprint density at radius 1 is 1.38 bits per heavy atom. The van der Waals surface area contributed by atoms with E-state index in [0.29, 0.717) is 12.2 Å². The van der Waals surface area contributed by atoms with E-state index >= 15 is 0 Å². The van der Waals surface area contributed by atoms with Gasteiger partial charge >= 0.3 is 5.97 Å². The lowest BCUT2D eigenvalue weighted by atomic mass is 10.1. The summed E-state index contributed by atoms with van der Waals surface area (Å²) in [6, 6.07) is 5.92. The Labute approximate surface area is 123 Å². The van der Waals surface area contributed by atoms with Gasteiger partial charge in [0.05, 0.1) is 17.9 Å². The van der Waals surface area contributed by atoms with Crippen molar-refractivity contribution in [3.8, 4) is 0 Å². The molecule has 21 heavy (non-hydrogen) atoms. The van der Waals surface area contributed by atoms with Crippen LogP contribution in [0.15, 0.2) is 47.3 Å². The van der Waals surface area contributed by atoms with Gasteiger partial charge < -0.3 is 9.14 Å². The number of hydrogen-bond acceptors (Lipinski definition) is 3. The van der Waals surface area contributed by atoms with Gasteiger partial charge in [-0.3, -0.25) is 0 Å². The smallest absolute Gasteiger partial charge is 0.338 e. The molecule has 0 bridgehead atoms. The highest BCUT2D eigenvalue weighted by molar-refractivity contribution is 6.00. The van der Waals surface area contributed by atoms with Crippen molar-refractivity contribution in [1.29, 1.82) is 0 Å². The number of aromatic nitrogens is 2. The minimum atomic E-state index is -0.230. The van der Waals surface area contributed by atoms with E-state index in [-0.39, 0.29) is 5.97 Å². The molecule has 0 spiro atoms. The van der Waals surface area contributed by atoms with Crippen LogP contribution in [0.5, 0.6) is 0 Å². The van der Waals surface area contributed by atoms with Crippen LogP contribution in [0.3, 0.4) is 0 Å². The maximum atomic E-state index is 12.1. The van der Waals surface area contributed by atoms with Gasteiger partial charge in [-0.2, -0.15) is 0 Å². The van der Waals surface area contributed by atoms with Crippen molar-refractivity contribution >= 4 is 17.2 Å². The van der Waals surface area contributed by atoms with E-state index in [0.717, 1.165) is 34.5 Å². The Bertz CT molecular complexity index is 748. The number of imidazole rings is 1. The molecule has 0 aromatic carbocycles. The normalized spacial score (nSPS) is 15.2. The summed E-state index contributed by atoms with van der Waals surface area (Å²) >= 11 is 0. The number of nitrogens with zero attached hydrogens (tertiary/aromatic N) is 2. The average Bonchev–Trinajstić information content (AvgIpc) is 3.00. The minimum Gasteiger partial charge on any atom is -0.462 e. The van der Waals surface area contributed by atoms with Gasteiger partial charge in [0.2, 0.25) is 0 Å². The van der Waals surface area contributed by atoms with Crippen molar-refractivity contribution in [3.05, 3.63) is 53.0 Å². The summed E-state index contributed by atoms with van der Waals surface area (Å²) in [5.41, 5.74) is 5.70. The molecule has 4 nitrogen and oxygen atoms in total. The zero-order chi connectivity index (χ0) is 15.0. The molecule has 1 aliphatic rings. The predicted molar refractivity (Wildman–Crippen MR) is 81.7 cm³/mol. The quantitative estimate of drug-likeness (QED) is 0.810. The van der Waals surface area contributed by atoms with E-state index in [2.05, 4.69) is 4.98 Å². The largest absolute Gasteiger partial charge is 0.462 e. The van der Waals surface area contributed by atoms with E-state index in [9.17, 15) is 4.79 Å². The van der Waals surface area contributed by atoms with Gasteiger partial charge in [-0.15, -0.1) is 0 Å². The van der Waals surface area contributed by atoms with Crippen LogP contribution < -0.4 is 0 Å². The standard InChI is InChI=1S/C17H18N2O2/c1-4-21-17(20)16-11(2)9-13(12(16)3)14-10-19-8-6-5-7-15(19)18-14/h5-8,10H,4,9H2,1-3H3. The zero-order valence-electron chi connectivity index (χ0n) is 12.5. The van der Waals surface area contributed by atoms with Crippen LogP contribution >= 0.6 is 0 Å². The lowest BCUT2D eigenvalue weighted by Crippen LogP contribution is -2.08. The summed E-state index contributed by atoms with van der Waals surface area (Å²) in [5.74, 6) is -0.230.